The first-order valence-corrected chi connectivity index (χ1v) is 7.16. The Morgan fingerprint density at radius 3 is 2.81 bits per heavy atom. The van der Waals surface area contributed by atoms with Crippen LogP contribution in [0.4, 0.5) is 4.39 Å². The largest absolute Gasteiger partial charge is 0.338 e. The van der Waals surface area contributed by atoms with Crippen molar-refractivity contribution in [2.45, 2.75) is 38.4 Å². The summed E-state index contributed by atoms with van der Waals surface area (Å²) < 4.78 is 18.0. The maximum absolute atomic E-state index is 13.0. The lowest BCUT2D eigenvalue weighted by atomic mass is 9.97. The Hall–Kier alpha value is -1.79. The smallest absolute Gasteiger partial charge is 0.240 e. The Labute approximate surface area is 122 Å². The van der Waals surface area contributed by atoms with Gasteiger partial charge in [-0.05, 0) is 37.0 Å². The molecule has 0 bridgehead atoms. The number of rotatable bonds is 4. The minimum atomic E-state index is -0.192. The molecule has 1 aromatic carbocycles. The van der Waals surface area contributed by atoms with Crippen molar-refractivity contribution in [1.29, 1.82) is 0 Å². The lowest BCUT2D eigenvalue weighted by Crippen LogP contribution is -2.27. The van der Waals surface area contributed by atoms with Crippen molar-refractivity contribution >= 4 is 0 Å². The van der Waals surface area contributed by atoms with Crippen LogP contribution >= 0.6 is 0 Å². The standard InChI is InChI=1S/C15H19FN4O/c1-10-6-12(11-2-4-13(16)5-3-11)8-20(10)9-14-18-15(7-17)21-19-14/h2-5,10,12H,6-9,17H2,1H3. The molecule has 1 aliphatic heterocycles. The number of nitrogens with zero attached hydrogens (tertiary/aromatic N) is 3. The van der Waals surface area contributed by atoms with E-state index in [9.17, 15) is 4.39 Å². The highest BCUT2D eigenvalue weighted by Gasteiger charge is 2.30. The second-order valence-corrected chi connectivity index (χ2v) is 5.57. The van der Waals surface area contributed by atoms with E-state index < -0.39 is 0 Å². The molecule has 1 fully saturated rings. The fourth-order valence-corrected chi connectivity index (χ4v) is 2.91. The van der Waals surface area contributed by atoms with Gasteiger partial charge in [0.25, 0.3) is 0 Å². The molecule has 6 heteroatoms. The molecule has 0 spiro atoms. The van der Waals surface area contributed by atoms with E-state index in [1.165, 1.54) is 17.7 Å². The zero-order chi connectivity index (χ0) is 14.8. The molecular formula is C15H19FN4O. The quantitative estimate of drug-likeness (QED) is 0.933. The van der Waals surface area contributed by atoms with Gasteiger partial charge in [-0.2, -0.15) is 4.98 Å². The van der Waals surface area contributed by atoms with Crippen LogP contribution in [0.25, 0.3) is 0 Å². The molecule has 21 heavy (non-hydrogen) atoms. The van der Waals surface area contributed by atoms with Crippen molar-refractivity contribution in [2.24, 2.45) is 5.73 Å². The molecule has 112 valence electrons. The molecule has 1 aliphatic rings. The maximum Gasteiger partial charge on any atom is 0.240 e. The molecule has 0 radical (unpaired) electrons. The molecule has 0 aliphatic carbocycles. The second kappa shape index (κ2) is 5.91. The van der Waals surface area contributed by atoms with E-state index in [1.54, 1.807) is 0 Å². The molecule has 2 aromatic rings. The summed E-state index contributed by atoms with van der Waals surface area (Å²) in [6.07, 6.45) is 1.05. The second-order valence-electron chi connectivity index (χ2n) is 5.57. The van der Waals surface area contributed by atoms with Gasteiger partial charge in [0, 0.05) is 12.6 Å². The van der Waals surface area contributed by atoms with Gasteiger partial charge in [-0.1, -0.05) is 17.3 Å². The zero-order valence-corrected chi connectivity index (χ0v) is 12.0. The third kappa shape index (κ3) is 3.11. The predicted octanol–water partition coefficient (Wildman–Crippen LogP) is 2.05. The van der Waals surface area contributed by atoms with Gasteiger partial charge in [-0.25, -0.2) is 4.39 Å². The van der Waals surface area contributed by atoms with Crippen molar-refractivity contribution in [3.63, 3.8) is 0 Å². The van der Waals surface area contributed by atoms with Crippen LogP contribution in [0.1, 0.15) is 36.5 Å². The lowest BCUT2D eigenvalue weighted by Gasteiger charge is -2.18. The fourth-order valence-electron chi connectivity index (χ4n) is 2.91. The summed E-state index contributed by atoms with van der Waals surface area (Å²) in [7, 11) is 0. The third-order valence-corrected chi connectivity index (χ3v) is 4.07. The minimum Gasteiger partial charge on any atom is -0.338 e. The number of hydrogen-bond acceptors (Lipinski definition) is 5. The average Bonchev–Trinajstić information content (AvgIpc) is 3.08. The Kier molecular flexibility index (Phi) is 3.98. The number of nitrogens with two attached hydrogens (primary N) is 1. The van der Waals surface area contributed by atoms with Crippen LogP contribution in [0.2, 0.25) is 0 Å². The van der Waals surface area contributed by atoms with E-state index in [1.807, 2.05) is 12.1 Å². The number of halogens is 1. The summed E-state index contributed by atoms with van der Waals surface area (Å²) in [6, 6.07) is 7.22. The highest BCUT2D eigenvalue weighted by atomic mass is 19.1. The molecule has 2 atom stereocenters. The van der Waals surface area contributed by atoms with Crippen LogP contribution in [0.15, 0.2) is 28.8 Å². The molecule has 2 N–H and O–H groups in total. The van der Waals surface area contributed by atoms with Crippen LogP contribution in [0, 0.1) is 5.82 Å². The van der Waals surface area contributed by atoms with Gasteiger partial charge < -0.3 is 10.3 Å². The van der Waals surface area contributed by atoms with Crippen LogP contribution in [-0.2, 0) is 13.1 Å². The van der Waals surface area contributed by atoms with E-state index >= 15 is 0 Å². The number of hydrogen-bond donors (Lipinski definition) is 1. The highest BCUT2D eigenvalue weighted by Crippen LogP contribution is 2.32. The first-order valence-electron chi connectivity index (χ1n) is 7.16. The van der Waals surface area contributed by atoms with E-state index in [0.29, 0.717) is 30.2 Å². The van der Waals surface area contributed by atoms with Gasteiger partial charge in [0.15, 0.2) is 5.82 Å². The van der Waals surface area contributed by atoms with Gasteiger partial charge in [-0.15, -0.1) is 0 Å². The summed E-state index contributed by atoms with van der Waals surface area (Å²) in [5.41, 5.74) is 6.65. The summed E-state index contributed by atoms with van der Waals surface area (Å²) in [4.78, 5) is 6.56. The molecule has 1 saturated heterocycles. The highest BCUT2D eigenvalue weighted by molar-refractivity contribution is 5.22. The Balaban J connectivity index is 1.66. The van der Waals surface area contributed by atoms with Crippen LogP contribution < -0.4 is 5.73 Å². The van der Waals surface area contributed by atoms with Gasteiger partial charge >= 0.3 is 0 Å². The topological polar surface area (TPSA) is 68.2 Å². The molecular weight excluding hydrogens is 271 g/mol. The maximum atomic E-state index is 13.0. The summed E-state index contributed by atoms with van der Waals surface area (Å²) in [5, 5.41) is 3.94. The molecule has 0 saturated carbocycles. The van der Waals surface area contributed by atoms with E-state index in [0.717, 1.165) is 13.0 Å². The predicted molar refractivity (Wildman–Crippen MR) is 75.8 cm³/mol. The molecule has 2 unspecified atom stereocenters. The SMILES string of the molecule is CC1CC(c2ccc(F)cc2)CN1Cc1noc(CN)n1. The summed E-state index contributed by atoms with van der Waals surface area (Å²) in [6.45, 7) is 4.02. The van der Waals surface area contributed by atoms with Crippen LogP contribution in [-0.4, -0.2) is 27.6 Å². The van der Waals surface area contributed by atoms with Gasteiger partial charge in [0.1, 0.15) is 5.82 Å². The van der Waals surface area contributed by atoms with Crippen molar-refractivity contribution in [2.75, 3.05) is 6.54 Å². The number of benzene rings is 1. The first-order chi connectivity index (χ1) is 10.2. The van der Waals surface area contributed by atoms with Crippen molar-refractivity contribution < 1.29 is 8.91 Å². The van der Waals surface area contributed by atoms with Crippen molar-refractivity contribution in [3.8, 4) is 0 Å². The van der Waals surface area contributed by atoms with E-state index in [4.69, 9.17) is 10.3 Å². The number of likely N-dealkylation sites (tertiary alicyclic amines) is 1. The van der Waals surface area contributed by atoms with Gasteiger partial charge in [-0.3, -0.25) is 4.90 Å². The average molecular weight is 290 g/mol. The first kappa shape index (κ1) is 14.2. The van der Waals surface area contributed by atoms with Crippen LogP contribution in [0.3, 0.4) is 0 Å². The van der Waals surface area contributed by atoms with Gasteiger partial charge in [0.05, 0.1) is 13.1 Å². The number of aromatic nitrogens is 2. The van der Waals surface area contributed by atoms with Gasteiger partial charge in [0.2, 0.25) is 5.89 Å². The molecule has 1 aromatic heterocycles. The Morgan fingerprint density at radius 1 is 1.38 bits per heavy atom. The molecule has 3 rings (SSSR count). The molecule has 5 nitrogen and oxygen atoms in total. The van der Waals surface area contributed by atoms with E-state index in [2.05, 4.69) is 22.0 Å². The van der Waals surface area contributed by atoms with E-state index in [-0.39, 0.29) is 12.4 Å². The lowest BCUT2D eigenvalue weighted by molar-refractivity contribution is 0.247. The zero-order valence-electron chi connectivity index (χ0n) is 12.0. The molecule has 2 heterocycles. The van der Waals surface area contributed by atoms with Crippen molar-refractivity contribution in [3.05, 3.63) is 47.4 Å². The molecule has 0 amide bonds. The normalized spacial score (nSPS) is 22.8. The summed E-state index contributed by atoms with van der Waals surface area (Å²) >= 11 is 0. The van der Waals surface area contributed by atoms with Crippen molar-refractivity contribution in [1.82, 2.24) is 15.0 Å². The third-order valence-electron chi connectivity index (χ3n) is 4.07. The Morgan fingerprint density at radius 2 is 2.14 bits per heavy atom. The summed E-state index contributed by atoms with van der Waals surface area (Å²) in [5.74, 6) is 1.36. The monoisotopic (exact) mass is 290 g/mol. The Bertz CT molecular complexity index is 598. The fraction of sp³-hybridized carbons (Fsp3) is 0.467. The van der Waals surface area contributed by atoms with Crippen LogP contribution in [0.5, 0.6) is 0 Å². The minimum absolute atomic E-state index is 0.192.